The van der Waals surface area contributed by atoms with Gasteiger partial charge in [-0.15, -0.1) is 0 Å². The minimum absolute atomic E-state index is 0.0934. The van der Waals surface area contributed by atoms with E-state index >= 15 is 0 Å². The van der Waals surface area contributed by atoms with Crippen molar-refractivity contribution in [2.75, 3.05) is 13.6 Å². The fourth-order valence-corrected chi connectivity index (χ4v) is 3.41. The van der Waals surface area contributed by atoms with Gasteiger partial charge in [0.2, 0.25) is 5.91 Å². The van der Waals surface area contributed by atoms with E-state index in [2.05, 4.69) is 20.9 Å². The average Bonchev–Trinajstić information content (AvgIpc) is 2.85. The number of carbonyl (C=O) groups is 1. The lowest BCUT2D eigenvalue weighted by Gasteiger charge is -2.22. The third kappa shape index (κ3) is 6.12. The molecule has 0 radical (unpaired) electrons. The number of aliphatic imine (C=N–C) groups is 1. The first-order valence-corrected chi connectivity index (χ1v) is 9.50. The van der Waals surface area contributed by atoms with Crippen LogP contribution in [0.15, 0.2) is 11.1 Å². The third-order valence-corrected chi connectivity index (χ3v) is 5.33. The summed E-state index contributed by atoms with van der Waals surface area (Å²) in [5.41, 5.74) is 0.952. The van der Waals surface area contributed by atoms with Gasteiger partial charge in [-0.05, 0) is 18.9 Å². The number of amides is 1. The van der Waals surface area contributed by atoms with Crippen LogP contribution in [0.4, 0.5) is 0 Å². The van der Waals surface area contributed by atoms with Crippen molar-refractivity contribution < 1.29 is 4.79 Å². The molecule has 2 rings (SSSR count). The molecule has 0 bridgehead atoms. The Bertz CT molecular complexity index is 608. The van der Waals surface area contributed by atoms with E-state index in [1.54, 1.807) is 7.05 Å². The van der Waals surface area contributed by atoms with Crippen LogP contribution in [0.3, 0.4) is 0 Å². The van der Waals surface area contributed by atoms with Crippen LogP contribution >= 0.6 is 23.2 Å². The molecule has 0 spiro atoms. The number of rotatable bonds is 6. The molecule has 140 valence electrons. The summed E-state index contributed by atoms with van der Waals surface area (Å²) in [6, 6.07) is 2.17. The van der Waals surface area contributed by atoms with Gasteiger partial charge in [0.1, 0.15) is 5.15 Å². The zero-order valence-corrected chi connectivity index (χ0v) is 16.4. The van der Waals surface area contributed by atoms with E-state index in [4.69, 9.17) is 23.2 Å². The molecule has 1 heterocycles. The highest BCUT2D eigenvalue weighted by Gasteiger charge is 2.15. The van der Waals surface area contributed by atoms with E-state index in [0.29, 0.717) is 41.7 Å². The van der Waals surface area contributed by atoms with Crippen LogP contribution in [0.2, 0.25) is 10.2 Å². The first-order valence-electron chi connectivity index (χ1n) is 8.74. The van der Waals surface area contributed by atoms with E-state index in [0.717, 1.165) is 18.5 Å². The van der Waals surface area contributed by atoms with E-state index in [-0.39, 0.29) is 5.91 Å². The van der Waals surface area contributed by atoms with Gasteiger partial charge in [0.25, 0.3) is 0 Å². The van der Waals surface area contributed by atoms with Crippen LogP contribution in [-0.4, -0.2) is 36.1 Å². The fraction of sp³-hybridized carbons (Fsp3) is 0.647. The lowest BCUT2D eigenvalue weighted by Crippen LogP contribution is -2.41. The number of nitrogens with zero attached hydrogens (tertiary/aromatic N) is 2. The maximum atomic E-state index is 12.0. The molecular weight excluding hydrogens is 361 g/mol. The molecule has 0 atom stereocenters. The first-order chi connectivity index (χ1) is 12.0. The highest BCUT2D eigenvalue weighted by molar-refractivity contribution is 6.41. The molecule has 1 aliphatic carbocycles. The predicted octanol–water partition coefficient (Wildman–Crippen LogP) is 2.84. The molecule has 6 nitrogen and oxygen atoms in total. The summed E-state index contributed by atoms with van der Waals surface area (Å²) < 4.78 is 1.82. The van der Waals surface area contributed by atoms with Crippen LogP contribution in [0, 0.1) is 0 Å². The normalized spacial score (nSPS) is 15.9. The molecule has 1 fully saturated rings. The van der Waals surface area contributed by atoms with Crippen molar-refractivity contribution in [1.29, 1.82) is 0 Å². The second-order valence-electron chi connectivity index (χ2n) is 6.34. The molecule has 1 aromatic rings. The molecule has 3 N–H and O–H groups in total. The Morgan fingerprint density at radius 1 is 1.28 bits per heavy atom. The van der Waals surface area contributed by atoms with Crippen molar-refractivity contribution >= 4 is 35.1 Å². The first kappa shape index (κ1) is 19.9. The van der Waals surface area contributed by atoms with E-state index in [1.165, 1.54) is 19.3 Å². The Morgan fingerprint density at radius 3 is 2.60 bits per heavy atom. The topological polar surface area (TPSA) is 70.4 Å². The zero-order valence-electron chi connectivity index (χ0n) is 14.9. The molecule has 1 saturated carbocycles. The van der Waals surface area contributed by atoms with Crippen molar-refractivity contribution in [3.05, 3.63) is 21.9 Å². The number of carbonyl (C=O) groups excluding carboxylic acids is 1. The summed E-state index contributed by atoms with van der Waals surface area (Å²) in [5, 5.41) is 10.5. The molecule has 0 saturated heterocycles. The summed E-state index contributed by atoms with van der Waals surface area (Å²) in [6.45, 7) is 1.07. The van der Waals surface area contributed by atoms with Gasteiger partial charge >= 0.3 is 0 Å². The summed E-state index contributed by atoms with van der Waals surface area (Å²) in [6.07, 6.45) is 6.35. The number of halogens is 2. The molecule has 0 unspecified atom stereocenters. The van der Waals surface area contributed by atoms with Crippen LogP contribution in [-0.2, 0) is 18.4 Å². The molecule has 1 aliphatic rings. The van der Waals surface area contributed by atoms with Gasteiger partial charge in [-0.3, -0.25) is 9.79 Å². The minimum atomic E-state index is 0.0934. The molecule has 1 amide bonds. The number of hydrogen-bond donors (Lipinski definition) is 3. The molecule has 1 aromatic heterocycles. The Morgan fingerprint density at radius 2 is 2.00 bits per heavy atom. The van der Waals surface area contributed by atoms with Gasteiger partial charge < -0.3 is 20.5 Å². The van der Waals surface area contributed by atoms with Crippen LogP contribution < -0.4 is 16.0 Å². The molecule has 0 aliphatic heterocycles. The third-order valence-electron chi connectivity index (χ3n) is 4.49. The number of hydrogen-bond acceptors (Lipinski definition) is 2. The zero-order chi connectivity index (χ0) is 18.2. The van der Waals surface area contributed by atoms with Crippen molar-refractivity contribution in [1.82, 2.24) is 20.5 Å². The highest BCUT2D eigenvalue weighted by Crippen LogP contribution is 2.24. The van der Waals surface area contributed by atoms with E-state index < -0.39 is 0 Å². The summed E-state index contributed by atoms with van der Waals surface area (Å²) in [5.74, 6) is 0.731. The van der Waals surface area contributed by atoms with Crippen molar-refractivity contribution in [2.24, 2.45) is 12.0 Å². The van der Waals surface area contributed by atoms with Crippen LogP contribution in [0.1, 0.15) is 44.2 Å². The predicted molar refractivity (Wildman–Crippen MR) is 103 cm³/mol. The number of nitrogens with one attached hydrogen (secondary N) is 3. The standard InChI is InChI=1S/C17H27Cl2N5O/c1-20-17(22-11-13-10-14(18)16(19)24(13)2)21-9-8-15(25)23-12-6-4-3-5-7-12/h10,12H,3-9,11H2,1-2H3,(H,23,25)(H2,20,21,22). The van der Waals surface area contributed by atoms with Gasteiger partial charge in [-0.25, -0.2) is 0 Å². The minimum Gasteiger partial charge on any atom is -0.356 e. The Kier molecular flexibility index (Phi) is 7.90. The summed E-state index contributed by atoms with van der Waals surface area (Å²) >= 11 is 12.1. The van der Waals surface area contributed by atoms with Crippen LogP contribution in [0.5, 0.6) is 0 Å². The van der Waals surface area contributed by atoms with Gasteiger partial charge in [0.05, 0.1) is 11.6 Å². The average molecular weight is 388 g/mol. The van der Waals surface area contributed by atoms with Crippen molar-refractivity contribution in [3.63, 3.8) is 0 Å². The second kappa shape index (κ2) is 9.92. The lowest BCUT2D eigenvalue weighted by atomic mass is 9.95. The number of guanidine groups is 1. The van der Waals surface area contributed by atoms with Crippen molar-refractivity contribution in [3.8, 4) is 0 Å². The Hall–Kier alpha value is -1.40. The van der Waals surface area contributed by atoms with Crippen molar-refractivity contribution in [2.45, 2.75) is 51.1 Å². The SMILES string of the molecule is CN=C(NCCC(=O)NC1CCCCC1)NCc1cc(Cl)c(Cl)n1C. The maximum absolute atomic E-state index is 12.0. The van der Waals surface area contributed by atoms with Gasteiger partial charge in [0.15, 0.2) is 5.96 Å². The fourth-order valence-electron chi connectivity index (χ4n) is 2.99. The molecule has 25 heavy (non-hydrogen) atoms. The smallest absolute Gasteiger partial charge is 0.221 e. The second-order valence-corrected chi connectivity index (χ2v) is 7.10. The Labute approximate surface area is 159 Å². The van der Waals surface area contributed by atoms with Gasteiger partial charge in [0, 0.05) is 38.8 Å². The highest BCUT2D eigenvalue weighted by atomic mass is 35.5. The van der Waals surface area contributed by atoms with E-state index in [1.807, 2.05) is 17.7 Å². The number of aromatic nitrogens is 1. The Balaban J connectivity index is 1.69. The quantitative estimate of drug-likeness (QED) is 0.519. The molecular formula is C17H27Cl2N5O. The van der Waals surface area contributed by atoms with Gasteiger partial charge in [-0.2, -0.15) is 0 Å². The van der Waals surface area contributed by atoms with Crippen LogP contribution in [0.25, 0.3) is 0 Å². The summed E-state index contributed by atoms with van der Waals surface area (Å²) in [7, 11) is 3.55. The van der Waals surface area contributed by atoms with E-state index in [9.17, 15) is 4.79 Å². The molecule has 8 heteroatoms. The molecule has 0 aromatic carbocycles. The lowest BCUT2D eigenvalue weighted by molar-refractivity contribution is -0.121. The summed E-state index contributed by atoms with van der Waals surface area (Å²) in [4.78, 5) is 16.2. The largest absolute Gasteiger partial charge is 0.356 e. The maximum Gasteiger partial charge on any atom is 0.221 e. The monoisotopic (exact) mass is 387 g/mol. The van der Waals surface area contributed by atoms with Gasteiger partial charge in [-0.1, -0.05) is 42.5 Å².